The molecule has 3 aromatic rings. The molecule has 98 valence electrons. The number of aromatic nitrogens is 2. The van der Waals surface area contributed by atoms with Crippen LogP contribution in [-0.2, 0) is 6.54 Å². The van der Waals surface area contributed by atoms with E-state index in [-0.39, 0.29) is 0 Å². The van der Waals surface area contributed by atoms with Gasteiger partial charge in [0.25, 0.3) is 5.91 Å². The van der Waals surface area contributed by atoms with Crippen LogP contribution in [0.2, 0.25) is 0 Å². The Kier molecular flexibility index (Phi) is 3.13. The van der Waals surface area contributed by atoms with Gasteiger partial charge in [0.2, 0.25) is 0 Å². The number of pyridine rings is 2. The third kappa shape index (κ3) is 2.36. The minimum absolute atomic E-state index is 0.421. The summed E-state index contributed by atoms with van der Waals surface area (Å²) in [6, 6.07) is 13.6. The van der Waals surface area contributed by atoms with Gasteiger partial charge in [-0.1, -0.05) is 24.3 Å². The van der Waals surface area contributed by atoms with Crippen molar-refractivity contribution in [1.82, 2.24) is 4.98 Å². The van der Waals surface area contributed by atoms with Gasteiger partial charge in [-0.2, -0.15) is 4.57 Å². The number of carbonyl (C=O) groups is 1. The molecule has 0 aliphatic carbocycles. The fourth-order valence-electron chi connectivity index (χ4n) is 2.26. The first kappa shape index (κ1) is 12.3. The predicted molar refractivity (Wildman–Crippen MR) is 76.0 cm³/mol. The topological polar surface area (TPSA) is 59.9 Å². The summed E-state index contributed by atoms with van der Waals surface area (Å²) in [4.78, 5) is 15.6. The molecule has 0 bridgehead atoms. The van der Waals surface area contributed by atoms with Gasteiger partial charge in [-0.15, -0.1) is 0 Å². The fraction of sp³-hybridized carbons (Fsp3) is 0.0625. The molecule has 0 aliphatic heterocycles. The molecule has 3 rings (SSSR count). The third-order valence-corrected chi connectivity index (χ3v) is 3.21. The molecular weight excluding hydrogens is 250 g/mol. The molecule has 20 heavy (non-hydrogen) atoms. The molecule has 0 saturated heterocycles. The lowest BCUT2D eigenvalue weighted by molar-refractivity contribution is -0.688. The highest BCUT2D eigenvalue weighted by atomic mass is 16.1. The Morgan fingerprint density at radius 1 is 1.15 bits per heavy atom. The van der Waals surface area contributed by atoms with Gasteiger partial charge in [0.05, 0.1) is 5.52 Å². The molecule has 0 atom stereocenters. The van der Waals surface area contributed by atoms with E-state index in [2.05, 4.69) is 4.98 Å². The first-order valence-corrected chi connectivity index (χ1v) is 6.35. The lowest BCUT2D eigenvalue weighted by atomic mass is 10.1. The van der Waals surface area contributed by atoms with Crippen molar-refractivity contribution >= 4 is 16.8 Å². The Balaban J connectivity index is 2.01. The maximum Gasteiger partial charge on any atom is 0.254 e. The zero-order valence-electron chi connectivity index (χ0n) is 10.9. The molecule has 0 fully saturated rings. The van der Waals surface area contributed by atoms with E-state index in [1.807, 2.05) is 47.2 Å². The summed E-state index contributed by atoms with van der Waals surface area (Å²) < 4.78 is 1.93. The van der Waals surface area contributed by atoms with Crippen molar-refractivity contribution < 1.29 is 9.36 Å². The number of para-hydroxylation sites is 1. The molecule has 2 N–H and O–H groups in total. The van der Waals surface area contributed by atoms with Crippen LogP contribution >= 0.6 is 0 Å². The Morgan fingerprint density at radius 2 is 2.00 bits per heavy atom. The molecule has 0 radical (unpaired) electrons. The third-order valence-electron chi connectivity index (χ3n) is 3.21. The molecule has 0 unspecified atom stereocenters. The highest BCUT2D eigenvalue weighted by Crippen LogP contribution is 2.15. The average Bonchev–Trinajstić information content (AvgIpc) is 2.48. The van der Waals surface area contributed by atoms with Crippen molar-refractivity contribution in [3.05, 3.63) is 72.2 Å². The van der Waals surface area contributed by atoms with Crippen LogP contribution in [0.25, 0.3) is 10.9 Å². The van der Waals surface area contributed by atoms with Crippen molar-refractivity contribution in [2.75, 3.05) is 0 Å². The van der Waals surface area contributed by atoms with E-state index in [1.165, 1.54) is 0 Å². The highest BCUT2D eigenvalue weighted by Gasteiger charge is 2.10. The minimum Gasteiger partial charge on any atom is -0.365 e. The van der Waals surface area contributed by atoms with Crippen LogP contribution in [0.3, 0.4) is 0 Å². The normalized spacial score (nSPS) is 10.6. The maximum atomic E-state index is 11.2. The van der Waals surface area contributed by atoms with Crippen LogP contribution in [0.4, 0.5) is 0 Å². The number of nitrogens with zero attached hydrogens (tertiary/aromatic N) is 2. The first-order valence-electron chi connectivity index (χ1n) is 6.35. The molecule has 1 aromatic carbocycles. The second kappa shape index (κ2) is 5.09. The average molecular weight is 264 g/mol. The van der Waals surface area contributed by atoms with E-state index in [0.717, 1.165) is 16.5 Å². The molecule has 2 heterocycles. The first-order chi connectivity index (χ1) is 9.74. The lowest BCUT2D eigenvalue weighted by Crippen LogP contribution is -2.35. The standard InChI is InChI=1S/C16H13N3O/c17-16(20)14-7-3-9-19(11-14)10-13-5-1-4-12-6-2-8-18-15(12)13/h1-9,11H,10H2,(H-,17,20)/p+1. The number of carbonyl (C=O) groups excluding carboxylic acids is 1. The molecule has 4 heteroatoms. The minimum atomic E-state index is -0.421. The number of hydrogen-bond donors (Lipinski definition) is 1. The van der Waals surface area contributed by atoms with E-state index < -0.39 is 5.91 Å². The lowest BCUT2D eigenvalue weighted by Gasteiger charge is -2.03. The van der Waals surface area contributed by atoms with Crippen molar-refractivity contribution in [3.63, 3.8) is 0 Å². The number of rotatable bonds is 3. The van der Waals surface area contributed by atoms with E-state index in [4.69, 9.17) is 5.73 Å². The predicted octanol–water partition coefficient (Wildman–Crippen LogP) is 1.67. The van der Waals surface area contributed by atoms with E-state index in [9.17, 15) is 4.79 Å². The van der Waals surface area contributed by atoms with Gasteiger partial charge in [0.1, 0.15) is 5.56 Å². The van der Waals surface area contributed by atoms with Gasteiger partial charge in [-0.05, 0) is 12.1 Å². The van der Waals surface area contributed by atoms with Gasteiger partial charge in [-0.3, -0.25) is 9.78 Å². The second-order valence-electron chi connectivity index (χ2n) is 4.62. The maximum absolute atomic E-state index is 11.2. The molecule has 0 aliphatic rings. The van der Waals surface area contributed by atoms with Crippen molar-refractivity contribution in [2.45, 2.75) is 6.54 Å². The molecular formula is C16H14N3O+. The molecule has 1 amide bonds. The van der Waals surface area contributed by atoms with Crippen LogP contribution in [0.1, 0.15) is 15.9 Å². The Morgan fingerprint density at radius 3 is 2.85 bits per heavy atom. The van der Waals surface area contributed by atoms with Crippen molar-refractivity contribution in [2.24, 2.45) is 5.73 Å². The van der Waals surface area contributed by atoms with E-state index >= 15 is 0 Å². The highest BCUT2D eigenvalue weighted by molar-refractivity contribution is 5.92. The van der Waals surface area contributed by atoms with Crippen LogP contribution in [0.5, 0.6) is 0 Å². The summed E-state index contributed by atoms with van der Waals surface area (Å²) in [5.41, 5.74) is 7.89. The zero-order chi connectivity index (χ0) is 13.9. The summed E-state index contributed by atoms with van der Waals surface area (Å²) in [6.07, 6.45) is 5.45. The van der Waals surface area contributed by atoms with Gasteiger partial charge in [0, 0.05) is 23.2 Å². The van der Waals surface area contributed by atoms with Crippen molar-refractivity contribution in [3.8, 4) is 0 Å². The molecule has 2 aromatic heterocycles. The Labute approximate surface area is 116 Å². The number of hydrogen-bond acceptors (Lipinski definition) is 2. The van der Waals surface area contributed by atoms with E-state index in [0.29, 0.717) is 12.1 Å². The van der Waals surface area contributed by atoms with Crippen LogP contribution in [0.15, 0.2) is 61.1 Å². The quantitative estimate of drug-likeness (QED) is 0.731. The number of amides is 1. The Bertz CT molecular complexity index is 778. The number of primary amides is 1. The molecule has 0 saturated carbocycles. The monoisotopic (exact) mass is 264 g/mol. The van der Waals surface area contributed by atoms with Crippen LogP contribution in [-0.4, -0.2) is 10.9 Å². The Hall–Kier alpha value is -2.75. The summed E-state index contributed by atoms with van der Waals surface area (Å²) >= 11 is 0. The van der Waals surface area contributed by atoms with E-state index in [1.54, 1.807) is 18.5 Å². The summed E-state index contributed by atoms with van der Waals surface area (Å²) in [6.45, 7) is 0.648. The fourth-order valence-corrected chi connectivity index (χ4v) is 2.26. The van der Waals surface area contributed by atoms with Crippen LogP contribution < -0.4 is 10.3 Å². The summed E-state index contributed by atoms with van der Waals surface area (Å²) in [5.74, 6) is -0.421. The largest absolute Gasteiger partial charge is 0.365 e. The van der Waals surface area contributed by atoms with Gasteiger partial charge < -0.3 is 5.73 Å². The SMILES string of the molecule is NC(=O)c1ccc[n+](Cc2cccc3cccnc23)c1. The van der Waals surface area contributed by atoms with Gasteiger partial charge >= 0.3 is 0 Å². The number of benzene rings is 1. The van der Waals surface area contributed by atoms with Gasteiger partial charge in [0.15, 0.2) is 18.9 Å². The summed E-state index contributed by atoms with van der Waals surface area (Å²) in [5, 5.41) is 1.11. The second-order valence-corrected chi connectivity index (χ2v) is 4.62. The smallest absolute Gasteiger partial charge is 0.254 e. The number of nitrogens with two attached hydrogens (primary N) is 1. The molecule has 0 spiro atoms. The van der Waals surface area contributed by atoms with Crippen LogP contribution in [0, 0.1) is 0 Å². The summed E-state index contributed by atoms with van der Waals surface area (Å²) in [7, 11) is 0. The number of fused-ring (bicyclic) bond motifs is 1. The molecule has 4 nitrogen and oxygen atoms in total. The van der Waals surface area contributed by atoms with Crippen molar-refractivity contribution in [1.29, 1.82) is 0 Å². The van der Waals surface area contributed by atoms with Gasteiger partial charge in [-0.25, -0.2) is 0 Å². The zero-order valence-corrected chi connectivity index (χ0v) is 10.9.